The minimum absolute atomic E-state index is 0.156. The third kappa shape index (κ3) is 5.71. The zero-order chi connectivity index (χ0) is 33.4. The molecular formula is C38H49N3O5. The van der Waals surface area contributed by atoms with E-state index in [9.17, 15) is 14.7 Å². The second-order valence-electron chi connectivity index (χ2n) is 14.0. The number of carbonyl (C=O) groups excluding carboxylic acids is 3. The quantitative estimate of drug-likeness (QED) is 0.308. The first-order chi connectivity index (χ1) is 21.9. The van der Waals surface area contributed by atoms with E-state index in [1.807, 2.05) is 83.1 Å². The van der Waals surface area contributed by atoms with E-state index in [1.165, 1.54) is 0 Å². The Hall–Kier alpha value is -3.75. The Balaban J connectivity index is 1.62. The lowest BCUT2D eigenvalue weighted by Crippen LogP contribution is -2.59. The number of aryl methyl sites for hydroxylation is 2. The van der Waals surface area contributed by atoms with E-state index in [1.54, 1.807) is 26.9 Å². The van der Waals surface area contributed by atoms with Crippen LogP contribution in [-0.2, 0) is 25.7 Å². The Morgan fingerprint density at radius 1 is 1.07 bits per heavy atom. The molecule has 2 aromatic carbocycles. The summed E-state index contributed by atoms with van der Waals surface area (Å²) < 4.78 is 6.95. The van der Waals surface area contributed by atoms with Gasteiger partial charge in [-0.2, -0.15) is 0 Å². The molecule has 3 amide bonds. The normalized spacial score (nSPS) is 27.1. The van der Waals surface area contributed by atoms with Crippen LogP contribution in [0.25, 0.3) is 0 Å². The number of hydrogen-bond acceptors (Lipinski definition) is 5. The molecule has 46 heavy (non-hydrogen) atoms. The van der Waals surface area contributed by atoms with Gasteiger partial charge in [0.05, 0.1) is 30.1 Å². The zero-order valence-electron chi connectivity index (χ0n) is 27.9. The van der Waals surface area contributed by atoms with E-state index in [2.05, 4.69) is 13.2 Å². The van der Waals surface area contributed by atoms with Crippen molar-refractivity contribution >= 4 is 23.4 Å². The van der Waals surface area contributed by atoms with Crippen LogP contribution in [0.3, 0.4) is 0 Å². The van der Waals surface area contributed by atoms with Crippen molar-refractivity contribution in [3.63, 3.8) is 0 Å². The van der Waals surface area contributed by atoms with Crippen LogP contribution in [0.5, 0.6) is 0 Å². The fourth-order valence-electron chi connectivity index (χ4n) is 8.22. The largest absolute Gasteiger partial charge is 0.394 e. The summed E-state index contributed by atoms with van der Waals surface area (Å²) in [6, 6.07) is 14.1. The topological polar surface area (TPSA) is 90.4 Å². The molecule has 0 aromatic heterocycles. The van der Waals surface area contributed by atoms with Gasteiger partial charge in [0.25, 0.3) is 5.91 Å². The van der Waals surface area contributed by atoms with Crippen LogP contribution in [0.2, 0.25) is 0 Å². The summed E-state index contributed by atoms with van der Waals surface area (Å²) in [7, 11) is 0. The van der Waals surface area contributed by atoms with E-state index in [0.29, 0.717) is 32.4 Å². The lowest BCUT2D eigenvalue weighted by molar-refractivity contribution is -0.152. The third-order valence-electron chi connectivity index (χ3n) is 10.2. The summed E-state index contributed by atoms with van der Waals surface area (Å²) in [6.45, 7) is 18.4. The van der Waals surface area contributed by atoms with Gasteiger partial charge in [0.15, 0.2) is 0 Å². The van der Waals surface area contributed by atoms with Crippen LogP contribution in [0, 0.1) is 31.6 Å². The number of benzene rings is 2. The minimum atomic E-state index is -1.21. The summed E-state index contributed by atoms with van der Waals surface area (Å²) in [6.07, 6.45) is 4.89. The number of carbonyl (C=O) groups is 3. The van der Waals surface area contributed by atoms with Crippen molar-refractivity contribution in [2.75, 3.05) is 24.6 Å². The van der Waals surface area contributed by atoms with Crippen molar-refractivity contribution < 1.29 is 24.2 Å². The Morgan fingerprint density at radius 2 is 1.76 bits per heavy atom. The maximum absolute atomic E-state index is 15.1. The van der Waals surface area contributed by atoms with Gasteiger partial charge in [-0.1, -0.05) is 68.5 Å². The number of aliphatic hydroxyl groups is 1. The summed E-state index contributed by atoms with van der Waals surface area (Å²) in [5.74, 6) is -2.25. The molecule has 2 aromatic rings. The summed E-state index contributed by atoms with van der Waals surface area (Å²) in [4.78, 5) is 49.6. The minimum Gasteiger partial charge on any atom is -0.394 e. The fraction of sp³-hybridized carbons (Fsp3) is 0.500. The standard InChI is InChI=1S/C38H49N3O5/c1-8-19-39(23-28-13-11-10-12-14-28)34(43)31-32-35(44)41(29(24-42)21-25(3)4)33(38(32)18-17-37(31,7)46-38)36(45)40(20-9-2)30-22-26(5)15-16-27(30)6/h8-16,22,25,29,31-33,42H,1-2,17-21,23-24H2,3-7H3/t29-,31+,32+,33?,37-,38?/m1/s1. The second kappa shape index (κ2) is 13.2. The number of ether oxygens (including phenoxy) is 1. The number of anilines is 1. The first-order valence-corrected chi connectivity index (χ1v) is 16.5. The molecule has 0 aliphatic carbocycles. The summed E-state index contributed by atoms with van der Waals surface area (Å²) in [5.41, 5.74) is 1.50. The number of nitrogens with zero attached hydrogens (tertiary/aromatic N) is 3. The molecule has 3 fully saturated rings. The van der Waals surface area contributed by atoms with Crippen molar-refractivity contribution in [1.82, 2.24) is 9.80 Å². The van der Waals surface area contributed by atoms with Gasteiger partial charge in [-0.3, -0.25) is 14.4 Å². The Morgan fingerprint density at radius 3 is 2.39 bits per heavy atom. The number of rotatable bonds is 13. The predicted octanol–water partition coefficient (Wildman–Crippen LogP) is 5.21. The van der Waals surface area contributed by atoms with E-state index >= 15 is 4.79 Å². The van der Waals surface area contributed by atoms with E-state index in [-0.39, 0.29) is 36.8 Å². The highest BCUT2D eigenvalue weighted by Crippen LogP contribution is 2.64. The van der Waals surface area contributed by atoms with Crippen LogP contribution in [0.1, 0.15) is 56.7 Å². The molecule has 0 radical (unpaired) electrons. The molecule has 2 bridgehead atoms. The smallest absolute Gasteiger partial charge is 0.253 e. The van der Waals surface area contributed by atoms with E-state index < -0.39 is 35.1 Å². The van der Waals surface area contributed by atoms with Crippen LogP contribution in [0.15, 0.2) is 73.8 Å². The highest BCUT2D eigenvalue weighted by molar-refractivity contribution is 6.05. The first kappa shape index (κ1) is 33.6. The molecule has 2 unspecified atom stereocenters. The molecule has 3 aliphatic heterocycles. The summed E-state index contributed by atoms with van der Waals surface area (Å²) >= 11 is 0. The highest BCUT2D eigenvalue weighted by atomic mass is 16.5. The zero-order valence-corrected chi connectivity index (χ0v) is 27.9. The summed E-state index contributed by atoms with van der Waals surface area (Å²) in [5, 5.41) is 10.7. The lowest BCUT2D eigenvalue weighted by atomic mass is 9.66. The van der Waals surface area contributed by atoms with Crippen LogP contribution in [-0.4, -0.2) is 75.6 Å². The van der Waals surface area contributed by atoms with Gasteiger partial charge in [-0.25, -0.2) is 0 Å². The van der Waals surface area contributed by atoms with Crippen molar-refractivity contribution in [1.29, 1.82) is 0 Å². The predicted molar refractivity (Wildman–Crippen MR) is 180 cm³/mol. The van der Waals surface area contributed by atoms with Crippen molar-refractivity contribution in [3.05, 3.63) is 90.5 Å². The van der Waals surface area contributed by atoms with Gasteiger partial charge < -0.3 is 24.5 Å². The van der Waals surface area contributed by atoms with Gasteiger partial charge >= 0.3 is 0 Å². The second-order valence-corrected chi connectivity index (χ2v) is 14.0. The molecule has 3 saturated heterocycles. The maximum Gasteiger partial charge on any atom is 0.253 e. The SMILES string of the molecule is C=CCN(Cc1ccccc1)C(=O)[C@@H]1[C@H]2C(=O)N([C@@H](CO)CC(C)C)C(C(=O)N(CC=C)c3cc(C)ccc3C)C23CC[C@@]1(C)O3. The van der Waals surface area contributed by atoms with Gasteiger partial charge in [-0.15, -0.1) is 13.2 Å². The van der Waals surface area contributed by atoms with Gasteiger partial charge in [0.2, 0.25) is 11.8 Å². The fourth-order valence-corrected chi connectivity index (χ4v) is 8.22. The van der Waals surface area contributed by atoms with Gasteiger partial charge in [-0.05, 0) is 68.7 Å². The highest BCUT2D eigenvalue weighted by Gasteiger charge is 2.79. The number of fused-ring (bicyclic) bond motifs is 1. The third-order valence-corrected chi connectivity index (χ3v) is 10.2. The van der Waals surface area contributed by atoms with Crippen LogP contribution < -0.4 is 4.90 Å². The molecule has 5 rings (SSSR count). The molecule has 3 heterocycles. The molecule has 1 spiro atoms. The molecule has 3 aliphatic rings. The number of aliphatic hydroxyl groups excluding tert-OH is 1. The molecule has 246 valence electrons. The number of amides is 3. The number of hydrogen-bond donors (Lipinski definition) is 1. The van der Waals surface area contributed by atoms with Gasteiger partial charge in [0.1, 0.15) is 11.6 Å². The molecule has 8 nitrogen and oxygen atoms in total. The number of likely N-dealkylation sites (tertiary alicyclic amines) is 1. The van der Waals surface area contributed by atoms with E-state index in [4.69, 9.17) is 4.74 Å². The Labute approximate surface area is 273 Å². The Kier molecular flexibility index (Phi) is 9.62. The average Bonchev–Trinajstić information content (AvgIpc) is 3.60. The van der Waals surface area contributed by atoms with Crippen LogP contribution >= 0.6 is 0 Å². The first-order valence-electron chi connectivity index (χ1n) is 16.5. The maximum atomic E-state index is 15.1. The van der Waals surface area contributed by atoms with Crippen molar-refractivity contribution in [2.45, 2.75) is 83.7 Å². The molecule has 6 atom stereocenters. The van der Waals surface area contributed by atoms with Gasteiger partial charge in [0, 0.05) is 25.3 Å². The Bertz CT molecular complexity index is 1490. The van der Waals surface area contributed by atoms with Crippen LogP contribution in [0.4, 0.5) is 5.69 Å². The molecular weight excluding hydrogens is 578 g/mol. The average molecular weight is 628 g/mol. The van der Waals surface area contributed by atoms with Crippen molar-refractivity contribution in [3.8, 4) is 0 Å². The molecule has 8 heteroatoms. The lowest BCUT2D eigenvalue weighted by Gasteiger charge is -2.40. The monoisotopic (exact) mass is 627 g/mol. The van der Waals surface area contributed by atoms with E-state index in [0.717, 1.165) is 22.4 Å². The molecule has 0 saturated carbocycles. The molecule has 1 N–H and O–H groups in total. The van der Waals surface area contributed by atoms with Crippen molar-refractivity contribution in [2.24, 2.45) is 17.8 Å².